The van der Waals surface area contributed by atoms with E-state index in [-0.39, 0.29) is 12.4 Å². The summed E-state index contributed by atoms with van der Waals surface area (Å²) in [5.74, 6) is -0.154. The minimum Gasteiger partial charge on any atom is -0.351 e. The highest BCUT2D eigenvalue weighted by molar-refractivity contribution is 9.10. The van der Waals surface area contributed by atoms with E-state index in [1.807, 2.05) is 0 Å². The van der Waals surface area contributed by atoms with Gasteiger partial charge in [-0.1, -0.05) is 0 Å². The summed E-state index contributed by atoms with van der Waals surface area (Å²) in [5, 5.41) is 0. The van der Waals surface area contributed by atoms with Crippen LogP contribution in [0.2, 0.25) is 0 Å². The molecule has 0 radical (unpaired) electrons. The van der Waals surface area contributed by atoms with Crippen molar-refractivity contribution >= 4 is 21.7 Å². The summed E-state index contributed by atoms with van der Waals surface area (Å²) in [6.07, 6.45) is 1.97. The second-order valence-electron chi connectivity index (χ2n) is 3.64. The van der Waals surface area contributed by atoms with Gasteiger partial charge in [0.2, 0.25) is 0 Å². The van der Waals surface area contributed by atoms with Gasteiger partial charge in [-0.15, -0.1) is 0 Å². The Labute approximate surface area is 95.4 Å². The Morgan fingerprint density at radius 3 is 3.00 bits per heavy atom. The van der Waals surface area contributed by atoms with Gasteiger partial charge in [0.1, 0.15) is 6.17 Å². The molecule has 1 aromatic heterocycles. The van der Waals surface area contributed by atoms with Gasteiger partial charge in [0.15, 0.2) is 11.6 Å². The van der Waals surface area contributed by atoms with E-state index in [9.17, 15) is 8.78 Å². The quantitative estimate of drug-likeness (QED) is 0.784. The van der Waals surface area contributed by atoms with Gasteiger partial charge in [-0.2, -0.15) is 0 Å². The minimum absolute atomic E-state index is 0.242. The first-order valence-corrected chi connectivity index (χ1v) is 5.66. The van der Waals surface area contributed by atoms with Gasteiger partial charge in [-0.05, 0) is 34.8 Å². The second kappa shape index (κ2) is 4.43. The third-order valence-corrected chi connectivity index (χ3v) is 2.89. The van der Waals surface area contributed by atoms with Gasteiger partial charge in [-0.25, -0.2) is 13.8 Å². The molecule has 0 spiro atoms. The molecule has 0 N–H and O–H groups in total. The van der Waals surface area contributed by atoms with Crippen LogP contribution in [0, 0.1) is 5.82 Å². The Kier molecular flexibility index (Phi) is 3.19. The van der Waals surface area contributed by atoms with Crippen LogP contribution in [0.25, 0.3) is 0 Å². The predicted molar refractivity (Wildman–Crippen MR) is 58.2 cm³/mol. The summed E-state index contributed by atoms with van der Waals surface area (Å²) in [5.41, 5.74) is 0. The van der Waals surface area contributed by atoms with Crippen molar-refractivity contribution in [1.82, 2.24) is 4.98 Å². The number of rotatable bonds is 1. The van der Waals surface area contributed by atoms with Crippen molar-refractivity contribution in [2.75, 3.05) is 18.0 Å². The smallest absolute Gasteiger partial charge is 0.166 e. The topological polar surface area (TPSA) is 16.1 Å². The van der Waals surface area contributed by atoms with Crippen molar-refractivity contribution in [2.45, 2.75) is 19.0 Å². The molecule has 1 saturated heterocycles. The van der Waals surface area contributed by atoms with Gasteiger partial charge in [0.25, 0.3) is 0 Å². The molecule has 82 valence electrons. The maximum Gasteiger partial charge on any atom is 0.166 e. The summed E-state index contributed by atoms with van der Waals surface area (Å²) in [4.78, 5) is 5.64. The van der Waals surface area contributed by atoms with Crippen molar-refractivity contribution in [2.24, 2.45) is 0 Å². The molecule has 1 aliphatic rings. The first kappa shape index (κ1) is 10.8. The van der Waals surface area contributed by atoms with E-state index in [1.165, 1.54) is 12.3 Å². The number of halogens is 3. The lowest BCUT2D eigenvalue weighted by Crippen LogP contribution is -2.37. The molecule has 15 heavy (non-hydrogen) atoms. The molecule has 0 aromatic carbocycles. The molecular weight excluding hydrogens is 266 g/mol. The van der Waals surface area contributed by atoms with Crippen LogP contribution in [0.3, 0.4) is 0 Å². The first-order chi connectivity index (χ1) is 7.16. The lowest BCUT2D eigenvalue weighted by molar-refractivity contribution is 0.285. The Hall–Kier alpha value is -0.710. The van der Waals surface area contributed by atoms with Crippen LogP contribution in [0.4, 0.5) is 14.6 Å². The molecule has 1 aliphatic heterocycles. The van der Waals surface area contributed by atoms with Crippen LogP contribution < -0.4 is 4.90 Å². The van der Waals surface area contributed by atoms with E-state index in [2.05, 4.69) is 20.9 Å². The van der Waals surface area contributed by atoms with Crippen molar-refractivity contribution in [3.05, 3.63) is 22.6 Å². The molecule has 1 fully saturated rings. The van der Waals surface area contributed by atoms with Gasteiger partial charge in [0, 0.05) is 17.2 Å². The monoisotopic (exact) mass is 276 g/mol. The molecule has 5 heteroatoms. The van der Waals surface area contributed by atoms with E-state index in [0.29, 0.717) is 17.4 Å². The summed E-state index contributed by atoms with van der Waals surface area (Å²) in [6.45, 7) is 0.914. The van der Waals surface area contributed by atoms with Gasteiger partial charge < -0.3 is 4.90 Å². The molecule has 2 heterocycles. The highest BCUT2D eigenvalue weighted by Crippen LogP contribution is 2.23. The Balaban J connectivity index is 2.21. The molecule has 2 rings (SSSR count). The zero-order valence-electron chi connectivity index (χ0n) is 8.09. The van der Waals surface area contributed by atoms with Crippen molar-refractivity contribution in [3.63, 3.8) is 0 Å². The number of piperidine rings is 1. The summed E-state index contributed by atoms with van der Waals surface area (Å²) < 4.78 is 27.2. The Morgan fingerprint density at radius 1 is 1.53 bits per heavy atom. The number of hydrogen-bond donors (Lipinski definition) is 0. The number of alkyl halides is 1. The van der Waals surface area contributed by atoms with E-state index in [1.54, 1.807) is 4.90 Å². The number of nitrogens with zero attached hydrogens (tertiary/aromatic N) is 2. The second-order valence-corrected chi connectivity index (χ2v) is 4.56. The van der Waals surface area contributed by atoms with Crippen molar-refractivity contribution < 1.29 is 8.78 Å². The zero-order valence-corrected chi connectivity index (χ0v) is 9.67. The normalized spacial score (nSPS) is 21.8. The molecule has 0 amide bonds. The average molecular weight is 277 g/mol. The van der Waals surface area contributed by atoms with Crippen LogP contribution >= 0.6 is 15.9 Å². The molecule has 1 aromatic rings. The number of aromatic nitrogens is 1. The standard InChI is InChI=1S/C10H11BrF2N2/c11-7-4-9(13)10(14-5-7)15-3-1-2-8(12)6-15/h4-5,8H,1-3,6H2. The number of hydrogen-bond acceptors (Lipinski definition) is 2. The third-order valence-electron chi connectivity index (χ3n) is 2.45. The highest BCUT2D eigenvalue weighted by atomic mass is 79.9. The van der Waals surface area contributed by atoms with Gasteiger partial charge in [-0.3, -0.25) is 0 Å². The zero-order chi connectivity index (χ0) is 10.8. The molecule has 1 unspecified atom stereocenters. The highest BCUT2D eigenvalue weighted by Gasteiger charge is 2.22. The summed E-state index contributed by atoms with van der Waals surface area (Å²) >= 11 is 3.14. The fourth-order valence-electron chi connectivity index (χ4n) is 1.76. The molecule has 2 nitrogen and oxygen atoms in total. The fraction of sp³-hybridized carbons (Fsp3) is 0.500. The number of anilines is 1. The van der Waals surface area contributed by atoms with Crippen LogP contribution in [0.1, 0.15) is 12.8 Å². The van der Waals surface area contributed by atoms with Crippen molar-refractivity contribution in [3.8, 4) is 0 Å². The van der Waals surface area contributed by atoms with Crippen LogP contribution in [-0.4, -0.2) is 24.2 Å². The predicted octanol–water partition coefficient (Wildman–Crippen LogP) is 2.92. The van der Waals surface area contributed by atoms with E-state index in [0.717, 1.165) is 6.42 Å². The largest absolute Gasteiger partial charge is 0.351 e. The van der Waals surface area contributed by atoms with Crippen LogP contribution in [-0.2, 0) is 0 Å². The Bertz CT molecular complexity index is 359. The molecule has 0 saturated carbocycles. The van der Waals surface area contributed by atoms with Crippen LogP contribution in [0.5, 0.6) is 0 Å². The molecule has 0 bridgehead atoms. The van der Waals surface area contributed by atoms with Crippen molar-refractivity contribution in [1.29, 1.82) is 0 Å². The molecular formula is C10H11BrF2N2. The minimum atomic E-state index is -0.872. The SMILES string of the molecule is Fc1cc(Br)cnc1N1CCCC(F)C1. The Morgan fingerprint density at radius 2 is 2.33 bits per heavy atom. The van der Waals surface area contributed by atoms with E-state index < -0.39 is 12.0 Å². The van der Waals surface area contributed by atoms with Gasteiger partial charge in [0.05, 0.1) is 6.54 Å². The van der Waals surface area contributed by atoms with E-state index in [4.69, 9.17) is 0 Å². The van der Waals surface area contributed by atoms with Gasteiger partial charge >= 0.3 is 0 Å². The molecule has 0 aliphatic carbocycles. The van der Waals surface area contributed by atoms with E-state index >= 15 is 0 Å². The first-order valence-electron chi connectivity index (χ1n) is 4.87. The third kappa shape index (κ3) is 2.45. The summed E-state index contributed by atoms with van der Waals surface area (Å²) in [7, 11) is 0. The number of pyridine rings is 1. The maximum absolute atomic E-state index is 13.5. The fourth-order valence-corrected chi connectivity index (χ4v) is 2.06. The lowest BCUT2D eigenvalue weighted by atomic mass is 10.1. The summed E-state index contributed by atoms with van der Waals surface area (Å²) in [6, 6.07) is 1.35. The maximum atomic E-state index is 13.5. The molecule has 1 atom stereocenters. The average Bonchev–Trinajstić information content (AvgIpc) is 2.17. The van der Waals surface area contributed by atoms with Crippen LogP contribution in [0.15, 0.2) is 16.7 Å². The lowest BCUT2D eigenvalue weighted by Gasteiger charge is -2.30.